The van der Waals surface area contributed by atoms with Crippen molar-refractivity contribution in [3.05, 3.63) is 60.6 Å². The van der Waals surface area contributed by atoms with Crippen LogP contribution in [0.1, 0.15) is 29.1 Å². The van der Waals surface area contributed by atoms with Gasteiger partial charge in [-0.2, -0.15) is 4.98 Å². The highest BCUT2D eigenvalue weighted by Gasteiger charge is 2.26. The molecule has 0 unspecified atom stereocenters. The minimum absolute atomic E-state index is 0.00889. The van der Waals surface area contributed by atoms with Crippen molar-refractivity contribution in [2.45, 2.75) is 19.3 Å². The Morgan fingerprint density at radius 3 is 3.06 bits per heavy atom. The molecule has 0 N–H and O–H groups in total. The number of carbonyl (C=O) groups excluding carboxylic acids is 1. The zero-order valence-electron chi connectivity index (χ0n) is 16.6. The van der Waals surface area contributed by atoms with Crippen LogP contribution in [0.4, 0.5) is 0 Å². The van der Waals surface area contributed by atoms with Gasteiger partial charge >= 0.3 is 0 Å². The molecule has 0 aliphatic carbocycles. The number of hydrogen-bond acceptors (Lipinski definition) is 9. The highest BCUT2D eigenvalue weighted by molar-refractivity contribution is 5.94. The van der Waals surface area contributed by atoms with Gasteiger partial charge in [-0.3, -0.25) is 9.78 Å². The highest BCUT2D eigenvalue weighted by atomic mass is 16.5. The van der Waals surface area contributed by atoms with E-state index in [2.05, 4.69) is 35.6 Å². The molecule has 3 aromatic heterocycles. The molecular formula is C20H19N9O2. The molecule has 156 valence electrons. The van der Waals surface area contributed by atoms with E-state index >= 15 is 0 Å². The standard InChI is InChI=1S/C20H19N9O2/c30-20(15-4-1-5-16(10-15)29-13-23-26-27-29)28-8-2-3-14(12-28)9-18-24-19(25-31-18)17-11-21-6-7-22-17/h1,4-7,10-11,13-14H,2-3,8-9,12H2/t14-/m1/s1. The number of hydrogen-bond donors (Lipinski definition) is 0. The first kappa shape index (κ1) is 19.0. The fourth-order valence-corrected chi connectivity index (χ4v) is 3.76. The molecule has 0 radical (unpaired) electrons. The molecule has 31 heavy (non-hydrogen) atoms. The highest BCUT2D eigenvalue weighted by Crippen LogP contribution is 2.23. The summed E-state index contributed by atoms with van der Waals surface area (Å²) in [6, 6.07) is 7.30. The van der Waals surface area contributed by atoms with E-state index in [1.807, 2.05) is 23.1 Å². The second kappa shape index (κ2) is 8.38. The van der Waals surface area contributed by atoms with E-state index in [4.69, 9.17) is 4.52 Å². The van der Waals surface area contributed by atoms with Crippen molar-refractivity contribution < 1.29 is 9.32 Å². The van der Waals surface area contributed by atoms with E-state index < -0.39 is 0 Å². The van der Waals surface area contributed by atoms with E-state index in [-0.39, 0.29) is 11.8 Å². The first-order chi connectivity index (χ1) is 15.3. The lowest BCUT2D eigenvalue weighted by Gasteiger charge is -2.32. The molecule has 4 heterocycles. The topological polar surface area (TPSA) is 129 Å². The van der Waals surface area contributed by atoms with Crippen molar-refractivity contribution in [2.24, 2.45) is 5.92 Å². The molecule has 1 amide bonds. The monoisotopic (exact) mass is 417 g/mol. The number of likely N-dealkylation sites (tertiary alicyclic amines) is 1. The Morgan fingerprint density at radius 2 is 2.23 bits per heavy atom. The summed E-state index contributed by atoms with van der Waals surface area (Å²) in [4.78, 5) is 27.6. The minimum Gasteiger partial charge on any atom is -0.339 e. The molecule has 1 aliphatic rings. The van der Waals surface area contributed by atoms with Crippen LogP contribution in [0.25, 0.3) is 17.2 Å². The maximum absolute atomic E-state index is 13.1. The van der Waals surface area contributed by atoms with Crippen LogP contribution in [-0.4, -0.2) is 64.2 Å². The fraction of sp³-hybridized carbons (Fsp3) is 0.300. The lowest BCUT2D eigenvalue weighted by atomic mass is 9.94. The predicted octanol–water partition coefficient (Wildman–Crippen LogP) is 1.60. The molecule has 11 heteroatoms. The first-order valence-corrected chi connectivity index (χ1v) is 9.98. The van der Waals surface area contributed by atoms with E-state index in [1.54, 1.807) is 24.7 Å². The van der Waals surface area contributed by atoms with E-state index in [0.29, 0.717) is 35.9 Å². The quantitative estimate of drug-likeness (QED) is 0.475. The third kappa shape index (κ3) is 4.15. The van der Waals surface area contributed by atoms with Crippen molar-refractivity contribution >= 4 is 5.91 Å². The van der Waals surface area contributed by atoms with E-state index in [9.17, 15) is 4.79 Å². The van der Waals surface area contributed by atoms with Gasteiger partial charge in [-0.25, -0.2) is 9.67 Å². The Labute approximate surface area is 177 Å². The lowest BCUT2D eigenvalue weighted by molar-refractivity contribution is 0.0668. The summed E-state index contributed by atoms with van der Waals surface area (Å²) < 4.78 is 6.93. The van der Waals surface area contributed by atoms with Crippen molar-refractivity contribution in [3.63, 3.8) is 0 Å². The van der Waals surface area contributed by atoms with Gasteiger partial charge in [-0.05, 0) is 47.4 Å². The maximum atomic E-state index is 13.1. The average Bonchev–Trinajstić information content (AvgIpc) is 3.52. The number of amides is 1. The van der Waals surface area contributed by atoms with Crippen molar-refractivity contribution in [3.8, 4) is 17.2 Å². The number of rotatable bonds is 5. The summed E-state index contributed by atoms with van der Waals surface area (Å²) in [5, 5.41) is 15.2. The van der Waals surface area contributed by atoms with Gasteiger partial charge in [0.1, 0.15) is 12.0 Å². The molecule has 0 bridgehead atoms. The van der Waals surface area contributed by atoms with E-state index in [0.717, 1.165) is 25.1 Å². The van der Waals surface area contributed by atoms with Gasteiger partial charge in [0.05, 0.1) is 11.9 Å². The van der Waals surface area contributed by atoms with Crippen LogP contribution >= 0.6 is 0 Å². The molecule has 1 aliphatic heterocycles. The second-order valence-electron chi connectivity index (χ2n) is 7.37. The summed E-state index contributed by atoms with van der Waals surface area (Å²) >= 11 is 0. The Bertz CT molecular complexity index is 1160. The van der Waals surface area contributed by atoms with Crippen LogP contribution in [0.3, 0.4) is 0 Å². The van der Waals surface area contributed by atoms with E-state index in [1.165, 1.54) is 11.0 Å². The van der Waals surface area contributed by atoms with Crippen LogP contribution in [0, 0.1) is 5.92 Å². The van der Waals surface area contributed by atoms with Gasteiger partial charge in [0.25, 0.3) is 5.91 Å². The SMILES string of the molecule is O=C(c1cccc(-n2cnnn2)c1)N1CCC[C@H](Cc2nc(-c3cnccn3)no2)C1. The zero-order chi connectivity index (χ0) is 21.0. The third-order valence-corrected chi connectivity index (χ3v) is 5.24. The molecule has 5 rings (SSSR count). The molecule has 11 nitrogen and oxygen atoms in total. The second-order valence-corrected chi connectivity index (χ2v) is 7.37. The number of piperidine rings is 1. The first-order valence-electron chi connectivity index (χ1n) is 9.98. The molecule has 1 fully saturated rings. The summed E-state index contributed by atoms with van der Waals surface area (Å²) in [6.45, 7) is 1.36. The van der Waals surface area contributed by atoms with Crippen LogP contribution in [0.5, 0.6) is 0 Å². The van der Waals surface area contributed by atoms with Gasteiger partial charge < -0.3 is 9.42 Å². The number of carbonyl (C=O) groups is 1. The van der Waals surface area contributed by atoms with Gasteiger partial charge in [0.2, 0.25) is 11.7 Å². The number of nitrogens with zero attached hydrogens (tertiary/aromatic N) is 9. The molecule has 1 saturated heterocycles. The summed E-state index contributed by atoms with van der Waals surface area (Å²) in [5.41, 5.74) is 1.92. The number of tetrazole rings is 1. The Hall–Kier alpha value is -4.02. The van der Waals surface area contributed by atoms with Gasteiger partial charge in [-0.15, -0.1) is 5.10 Å². The summed E-state index contributed by atoms with van der Waals surface area (Å²) in [5.74, 6) is 1.20. The van der Waals surface area contributed by atoms with Crippen LogP contribution in [0.15, 0.2) is 53.7 Å². The van der Waals surface area contributed by atoms with Crippen molar-refractivity contribution in [2.75, 3.05) is 13.1 Å². The number of aromatic nitrogens is 8. The zero-order valence-corrected chi connectivity index (χ0v) is 16.6. The smallest absolute Gasteiger partial charge is 0.253 e. The van der Waals surface area contributed by atoms with Crippen LogP contribution < -0.4 is 0 Å². The Balaban J connectivity index is 1.26. The van der Waals surface area contributed by atoms with Crippen LogP contribution in [0.2, 0.25) is 0 Å². The van der Waals surface area contributed by atoms with Gasteiger partial charge in [0.15, 0.2) is 0 Å². The average molecular weight is 417 g/mol. The summed E-state index contributed by atoms with van der Waals surface area (Å²) in [6.07, 6.45) is 8.81. The predicted molar refractivity (Wildman–Crippen MR) is 107 cm³/mol. The summed E-state index contributed by atoms with van der Waals surface area (Å²) in [7, 11) is 0. The molecule has 0 spiro atoms. The van der Waals surface area contributed by atoms with Crippen molar-refractivity contribution in [1.29, 1.82) is 0 Å². The fourth-order valence-electron chi connectivity index (χ4n) is 3.76. The number of benzene rings is 1. The molecular weight excluding hydrogens is 398 g/mol. The Morgan fingerprint density at radius 1 is 1.26 bits per heavy atom. The molecule has 4 aromatic rings. The molecule has 0 saturated carbocycles. The normalized spacial score (nSPS) is 16.4. The van der Waals surface area contributed by atoms with Gasteiger partial charge in [0, 0.05) is 37.5 Å². The molecule has 1 aromatic carbocycles. The lowest BCUT2D eigenvalue weighted by Crippen LogP contribution is -2.40. The largest absolute Gasteiger partial charge is 0.339 e. The minimum atomic E-state index is -0.00889. The van der Waals surface area contributed by atoms with Gasteiger partial charge in [-0.1, -0.05) is 11.2 Å². The maximum Gasteiger partial charge on any atom is 0.253 e. The Kier molecular flexibility index (Phi) is 5.13. The van der Waals surface area contributed by atoms with Crippen molar-refractivity contribution in [1.82, 2.24) is 45.2 Å². The third-order valence-electron chi connectivity index (χ3n) is 5.24. The molecule has 1 atom stereocenters. The van der Waals surface area contributed by atoms with Crippen LogP contribution in [-0.2, 0) is 6.42 Å².